The van der Waals surface area contributed by atoms with Crippen molar-refractivity contribution in [3.8, 4) is 6.07 Å². The minimum atomic E-state index is -0.618. The number of aromatic nitrogens is 3. The van der Waals surface area contributed by atoms with Gasteiger partial charge in [0.1, 0.15) is 28.9 Å². The van der Waals surface area contributed by atoms with Crippen molar-refractivity contribution in [1.29, 1.82) is 5.26 Å². The highest BCUT2D eigenvalue weighted by Gasteiger charge is 2.72. The van der Waals surface area contributed by atoms with Crippen molar-refractivity contribution in [1.82, 2.24) is 19.8 Å². The first-order valence-electron chi connectivity index (χ1n) is 10.9. The van der Waals surface area contributed by atoms with Gasteiger partial charge in [0, 0.05) is 24.7 Å². The lowest BCUT2D eigenvalue weighted by molar-refractivity contribution is -0.223. The smallest absolute Gasteiger partial charge is 0.249 e. The Bertz CT molecular complexity index is 1380. The molecule has 1 aromatic carbocycles. The van der Waals surface area contributed by atoms with Crippen LogP contribution in [0.4, 0.5) is 8.78 Å². The van der Waals surface area contributed by atoms with Gasteiger partial charge in [0.2, 0.25) is 5.91 Å². The summed E-state index contributed by atoms with van der Waals surface area (Å²) >= 11 is 0. The van der Waals surface area contributed by atoms with Crippen LogP contribution in [0.25, 0.3) is 11.0 Å². The van der Waals surface area contributed by atoms with E-state index in [0.717, 1.165) is 5.52 Å². The van der Waals surface area contributed by atoms with E-state index in [2.05, 4.69) is 15.2 Å². The molecule has 9 heteroatoms. The number of hydrazone groups is 1. The first kappa shape index (κ1) is 20.0. The van der Waals surface area contributed by atoms with Crippen molar-refractivity contribution in [3.63, 3.8) is 0 Å². The molecule has 2 bridgehead atoms. The number of carbonyl (C=O) groups is 1. The molecule has 3 heterocycles. The summed E-state index contributed by atoms with van der Waals surface area (Å²) in [6.07, 6.45) is 5.76. The van der Waals surface area contributed by atoms with Gasteiger partial charge in [0.25, 0.3) is 0 Å². The number of hydrogen-bond donors (Lipinski definition) is 0. The maximum atomic E-state index is 14.6. The third-order valence-corrected chi connectivity index (χ3v) is 7.37. The lowest BCUT2D eigenvalue weighted by Gasteiger charge is -2.69. The summed E-state index contributed by atoms with van der Waals surface area (Å²) in [5.74, 6) is -1.12. The number of benzene rings is 1. The molecule has 3 fully saturated rings. The van der Waals surface area contributed by atoms with Crippen molar-refractivity contribution in [2.75, 3.05) is 0 Å². The Hall–Kier alpha value is -3.67. The number of nitriles is 1. The number of hydrogen-bond acceptors (Lipinski definition) is 5. The highest BCUT2D eigenvalue weighted by atomic mass is 19.1. The lowest BCUT2D eigenvalue weighted by atomic mass is 9.34. The molecule has 0 radical (unpaired) electrons. The molecular weight excluding hydrogens is 426 g/mol. The summed E-state index contributed by atoms with van der Waals surface area (Å²) in [6, 6.07) is 7.28. The average Bonchev–Trinajstić information content (AvgIpc) is 3.38. The Labute approximate surface area is 188 Å². The number of amides is 1. The van der Waals surface area contributed by atoms with Gasteiger partial charge in [-0.2, -0.15) is 15.5 Å². The van der Waals surface area contributed by atoms with Crippen molar-refractivity contribution < 1.29 is 13.6 Å². The summed E-state index contributed by atoms with van der Waals surface area (Å²) in [6.45, 7) is 2.18. The monoisotopic (exact) mass is 446 g/mol. The zero-order chi connectivity index (χ0) is 23.0. The third-order valence-electron chi connectivity index (χ3n) is 7.37. The molecule has 166 valence electrons. The Morgan fingerprint density at radius 2 is 2.03 bits per heavy atom. The van der Waals surface area contributed by atoms with Crippen molar-refractivity contribution in [2.24, 2.45) is 15.9 Å². The van der Waals surface area contributed by atoms with Gasteiger partial charge in [-0.05, 0) is 61.4 Å². The number of halogens is 2. The second kappa shape index (κ2) is 6.67. The fraction of sp³-hybridized carbons (Fsp3) is 0.375. The fourth-order valence-electron chi connectivity index (χ4n) is 5.89. The zero-order valence-corrected chi connectivity index (χ0v) is 17.9. The average molecular weight is 446 g/mol. The Morgan fingerprint density at radius 1 is 1.24 bits per heavy atom. The predicted octanol–water partition coefficient (Wildman–Crippen LogP) is 4.02. The maximum Gasteiger partial charge on any atom is 0.249 e. The minimum Gasteiger partial charge on any atom is -0.272 e. The van der Waals surface area contributed by atoms with Gasteiger partial charge in [0.15, 0.2) is 0 Å². The van der Waals surface area contributed by atoms with Crippen LogP contribution in [0.1, 0.15) is 48.5 Å². The van der Waals surface area contributed by atoms with Crippen LogP contribution in [-0.2, 0) is 11.3 Å². The molecule has 1 atom stereocenters. The van der Waals surface area contributed by atoms with Crippen LogP contribution >= 0.6 is 0 Å². The van der Waals surface area contributed by atoms with Gasteiger partial charge in [0.05, 0.1) is 23.2 Å². The Kier molecular flexibility index (Phi) is 4.04. The summed E-state index contributed by atoms with van der Waals surface area (Å²) in [5.41, 5.74) is 1.78. The highest BCUT2D eigenvalue weighted by Crippen LogP contribution is 2.74. The topological polar surface area (TPSA) is 87.2 Å². The standard InChI is InChI=1S/C24H20F2N6O/c1-14-6-18(26)16(7-17(14)25)20-4-5-28-32(20)22(33)24-10-23(11-24,12-24)13-31-21-3-2-15(8-27)30-19(21)9-29-31/h2-3,5-7,9,20H,4,10-13H2,1H3. The van der Waals surface area contributed by atoms with Crippen LogP contribution in [0.15, 0.2) is 35.6 Å². The first-order chi connectivity index (χ1) is 15.8. The Balaban J connectivity index is 1.18. The second-order valence-electron chi connectivity index (χ2n) is 9.65. The van der Waals surface area contributed by atoms with Gasteiger partial charge in [-0.3, -0.25) is 9.48 Å². The van der Waals surface area contributed by atoms with Crippen LogP contribution in [0, 0.1) is 40.7 Å². The SMILES string of the molecule is Cc1cc(F)c(C2CC=NN2C(=O)C23CC(Cn4ncc5nc(C#N)ccc54)(C2)C3)cc1F. The quantitative estimate of drug-likeness (QED) is 0.606. The van der Waals surface area contributed by atoms with Gasteiger partial charge in [-0.15, -0.1) is 0 Å². The van der Waals surface area contributed by atoms with Crippen LogP contribution in [0.2, 0.25) is 0 Å². The minimum absolute atomic E-state index is 0.0112. The van der Waals surface area contributed by atoms with E-state index in [1.807, 2.05) is 16.8 Å². The largest absolute Gasteiger partial charge is 0.272 e. The number of aryl methyl sites for hydroxylation is 1. The molecule has 7 nitrogen and oxygen atoms in total. The number of nitrogens with zero attached hydrogens (tertiary/aromatic N) is 6. The molecule has 3 aromatic rings. The fourth-order valence-corrected chi connectivity index (χ4v) is 5.89. The van der Waals surface area contributed by atoms with Crippen LogP contribution in [0.3, 0.4) is 0 Å². The molecule has 1 amide bonds. The molecule has 4 aliphatic rings. The zero-order valence-electron chi connectivity index (χ0n) is 17.9. The van der Waals surface area contributed by atoms with Gasteiger partial charge in [-0.25, -0.2) is 18.8 Å². The molecule has 7 rings (SSSR count). The van der Waals surface area contributed by atoms with Crippen molar-refractivity contribution in [2.45, 2.75) is 45.2 Å². The van der Waals surface area contributed by atoms with E-state index in [1.165, 1.54) is 24.1 Å². The predicted molar refractivity (Wildman–Crippen MR) is 115 cm³/mol. The lowest BCUT2D eigenvalue weighted by Crippen LogP contribution is -2.68. The summed E-state index contributed by atoms with van der Waals surface area (Å²) in [5, 5.41) is 19.0. The third kappa shape index (κ3) is 2.83. The number of pyridine rings is 1. The van der Waals surface area contributed by atoms with E-state index in [1.54, 1.807) is 18.5 Å². The molecule has 33 heavy (non-hydrogen) atoms. The van der Waals surface area contributed by atoms with Crippen LogP contribution < -0.4 is 0 Å². The summed E-state index contributed by atoms with van der Waals surface area (Å²) in [7, 11) is 0. The highest BCUT2D eigenvalue weighted by molar-refractivity contribution is 5.88. The number of fused-ring (bicyclic) bond motifs is 1. The molecule has 1 aliphatic heterocycles. The summed E-state index contributed by atoms with van der Waals surface area (Å²) in [4.78, 5) is 17.7. The van der Waals surface area contributed by atoms with Crippen LogP contribution in [-0.4, -0.2) is 31.9 Å². The second-order valence-corrected chi connectivity index (χ2v) is 9.65. The first-order valence-corrected chi connectivity index (χ1v) is 10.9. The molecule has 0 N–H and O–H groups in total. The molecule has 3 aliphatic carbocycles. The normalized spacial score (nSPS) is 27.3. The summed E-state index contributed by atoms with van der Waals surface area (Å²) < 4.78 is 30.6. The van der Waals surface area contributed by atoms with E-state index in [4.69, 9.17) is 5.26 Å². The molecule has 1 unspecified atom stereocenters. The van der Waals surface area contributed by atoms with E-state index in [0.29, 0.717) is 43.4 Å². The van der Waals surface area contributed by atoms with E-state index in [-0.39, 0.29) is 22.4 Å². The number of carbonyl (C=O) groups excluding carboxylic acids is 1. The van der Waals surface area contributed by atoms with E-state index in [9.17, 15) is 13.6 Å². The van der Waals surface area contributed by atoms with Crippen molar-refractivity contribution in [3.05, 3.63) is 58.9 Å². The molecular formula is C24H20F2N6O. The molecule has 2 aromatic heterocycles. The van der Waals surface area contributed by atoms with Gasteiger partial charge >= 0.3 is 0 Å². The van der Waals surface area contributed by atoms with Crippen LogP contribution in [0.5, 0.6) is 0 Å². The molecule has 0 spiro atoms. The maximum absolute atomic E-state index is 14.6. The van der Waals surface area contributed by atoms with Gasteiger partial charge < -0.3 is 0 Å². The van der Waals surface area contributed by atoms with Crippen molar-refractivity contribution >= 4 is 23.2 Å². The molecule has 3 saturated carbocycles. The van der Waals surface area contributed by atoms with Gasteiger partial charge in [-0.1, -0.05) is 0 Å². The Morgan fingerprint density at radius 3 is 2.79 bits per heavy atom. The van der Waals surface area contributed by atoms with E-state index >= 15 is 0 Å². The van der Waals surface area contributed by atoms with E-state index < -0.39 is 23.1 Å². The number of rotatable bonds is 4. The molecule has 0 saturated heterocycles.